The van der Waals surface area contributed by atoms with Crippen molar-refractivity contribution in [1.29, 1.82) is 0 Å². The van der Waals surface area contributed by atoms with Gasteiger partial charge in [0.25, 0.3) is 0 Å². The fourth-order valence-corrected chi connectivity index (χ4v) is 3.81. The highest BCUT2D eigenvalue weighted by Crippen LogP contribution is 2.30. The van der Waals surface area contributed by atoms with Gasteiger partial charge in [0, 0.05) is 31.1 Å². The van der Waals surface area contributed by atoms with E-state index in [1.807, 2.05) is 0 Å². The molecule has 0 atom stereocenters. The Morgan fingerprint density at radius 2 is 2.18 bits per heavy atom. The standard InChI is InChI=1S/C15H21N5OS/c1-2-11-8-12-14(17-10-18-15(12)22-11)20-5-3-4-19(6-7-20)9-13(16)21/h8,10H,2-7,9H2,1H3,(H2,16,21). The van der Waals surface area contributed by atoms with Gasteiger partial charge in [-0.15, -0.1) is 11.3 Å². The number of thiophene rings is 1. The molecule has 3 rings (SSSR count). The zero-order valence-electron chi connectivity index (χ0n) is 12.8. The molecule has 7 heteroatoms. The van der Waals surface area contributed by atoms with Crippen molar-refractivity contribution in [2.24, 2.45) is 5.73 Å². The third-order valence-electron chi connectivity index (χ3n) is 3.98. The minimum atomic E-state index is -0.261. The molecule has 0 spiro atoms. The Balaban J connectivity index is 1.82. The summed E-state index contributed by atoms with van der Waals surface area (Å²) in [5.41, 5.74) is 5.30. The molecule has 6 nitrogen and oxygen atoms in total. The highest BCUT2D eigenvalue weighted by Gasteiger charge is 2.19. The molecule has 0 bridgehead atoms. The van der Waals surface area contributed by atoms with Gasteiger partial charge >= 0.3 is 0 Å². The summed E-state index contributed by atoms with van der Waals surface area (Å²) in [6.07, 6.45) is 3.68. The van der Waals surface area contributed by atoms with Crippen LogP contribution in [0.2, 0.25) is 0 Å². The van der Waals surface area contributed by atoms with Crippen LogP contribution in [0.25, 0.3) is 10.2 Å². The zero-order valence-corrected chi connectivity index (χ0v) is 13.6. The van der Waals surface area contributed by atoms with Gasteiger partial charge in [-0.2, -0.15) is 0 Å². The van der Waals surface area contributed by atoms with E-state index in [1.54, 1.807) is 17.7 Å². The number of hydrogen-bond acceptors (Lipinski definition) is 6. The minimum Gasteiger partial charge on any atom is -0.369 e. The average molecular weight is 319 g/mol. The van der Waals surface area contributed by atoms with Crippen LogP contribution in [0.15, 0.2) is 12.4 Å². The fourth-order valence-electron chi connectivity index (χ4n) is 2.88. The lowest BCUT2D eigenvalue weighted by Crippen LogP contribution is -2.36. The van der Waals surface area contributed by atoms with Crippen LogP contribution < -0.4 is 10.6 Å². The molecule has 2 aromatic rings. The second-order valence-corrected chi connectivity index (χ2v) is 6.68. The van der Waals surface area contributed by atoms with Gasteiger partial charge < -0.3 is 10.6 Å². The Morgan fingerprint density at radius 1 is 1.32 bits per heavy atom. The van der Waals surface area contributed by atoms with E-state index in [-0.39, 0.29) is 5.91 Å². The summed E-state index contributed by atoms with van der Waals surface area (Å²) in [6.45, 7) is 6.03. The van der Waals surface area contributed by atoms with E-state index in [0.29, 0.717) is 6.54 Å². The summed E-state index contributed by atoms with van der Waals surface area (Å²) in [5.74, 6) is 0.755. The first-order valence-corrected chi connectivity index (χ1v) is 8.48. The number of rotatable bonds is 4. The number of fused-ring (bicyclic) bond motifs is 1. The maximum atomic E-state index is 11.1. The molecule has 22 heavy (non-hydrogen) atoms. The Bertz CT molecular complexity index is 671. The number of hydrogen-bond donors (Lipinski definition) is 1. The molecule has 0 aromatic carbocycles. The van der Waals surface area contributed by atoms with Crippen LogP contribution in [0.5, 0.6) is 0 Å². The number of carbonyl (C=O) groups is 1. The number of nitrogens with two attached hydrogens (primary N) is 1. The molecule has 0 aliphatic carbocycles. The van der Waals surface area contributed by atoms with Crippen LogP contribution in [0, 0.1) is 0 Å². The lowest BCUT2D eigenvalue weighted by atomic mass is 10.3. The molecule has 118 valence electrons. The summed E-state index contributed by atoms with van der Waals surface area (Å²) in [6, 6.07) is 2.21. The molecular formula is C15H21N5OS. The summed E-state index contributed by atoms with van der Waals surface area (Å²) < 4.78 is 0. The molecule has 0 saturated carbocycles. The molecule has 0 unspecified atom stereocenters. The van der Waals surface area contributed by atoms with Gasteiger partial charge in [0.05, 0.1) is 11.9 Å². The van der Waals surface area contributed by atoms with Crippen LogP contribution in [0.3, 0.4) is 0 Å². The fraction of sp³-hybridized carbons (Fsp3) is 0.533. The zero-order chi connectivity index (χ0) is 15.5. The predicted octanol–water partition coefficient (Wildman–Crippen LogP) is 1.25. The maximum absolute atomic E-state index is 11.1. The lowest BCUT2D eigenvalue weighted by Gasteiger charge is -2.22. The smallest absolute Gasteiger partial charge is 0.231 e. The predicted molar refractivity (Wildman–Crippen MR) is 89.3 cm³/mol. The molecule has 1 amide bonds. The Hall–Kier alpha value is -1.73. The number of primary amides is 1. The minimum absolute atomic E-state index is 0.261. The molecular weight excluding hydrogens is 298 g/mol. The SMILES string of the molecule is CCc1cc2c(N3CCCN(CC(N)=O)CC3)ncnc2s1. The molecule has 2 N–H and O–H groups in total. The largest absolute Gasteiger partial charge is 0.369 e. The third kappa shape index (κ3) is 3.20. The van der Waals surface area contributed by atoms with Crippen molar-refractivity contribution in [2.45, 2.75) is 19.8 Å². The highest BCUT2D eigenvalue weighted by molar-refractivity contribution is 7.18. The highest BCUT2D eigenvalue weighted by atomic mass is 32.1. The van der Waals surface area contributed by atoms with Gasteiger partial charge in [-0.05, 0) is 18.9 Å². The van der Waals surface area contributed by atoms with Gasteiger partial charge in [0.15, 0.2) is 0 Å². The second-order valence-electron chi connectivity index (χ2n) is 5.57. The van der Waals surface area contributed by atoms with E-state index in [2.05, 4.69) is 32.8 Å². The van der Waals surface area contributed by atoms with Crippen LogP contribution in [0.4, 0.5) is 5.82 Å². The number of amides is 1. The van der Waals surface area contributed by atoms with Gasteiger partial charge in [0.2, 0.25) is 5.91 Å². The van der Waals surface area contributed by atoms with Crippen molar-refractivity contribution in [1.82, 2.24) is 14.9 Å². The summed E-state index contributed by atoms with van der Waals surface area (Å²) in [4.78, 5) is 26.8. The van der Waals surface area contributed by atoms with E-state index >= 15 is 0 Å². The molecule has 3 heterocycles. The first-order valence-electron chi connectivity index (χ1n) is 7.66. The van der Waals surface area contributed by atoms with Crippen LogP contribution in [-0.2, 0) is 11.2 Å². The number of anilines is 1. The number of aromatic nitrogens is 2. The van der Waals surface area contributed by atoms with E-state index in [9.17, 15) is 4.79 Å². The average Bonchev–Trinajstić information content (AvgIpc) is 2.80. The molecule has 1 aliphatic rings. The number of nitrogens with zero attached hydrogens (tertiary/aromatic N) is 4. The Morgan fingerprint density at radius 3 is 2.95 bits per heavy atom. The van der Waals surface area contributed by atoms with E-state index < -0.39 is 0 Å². The monoisotopic (exact) mass is 319 g/mol. The molecule has 1 aliphatic heterocycles. The van der Waals surface area contributed by atoms with E-state index in [1.165, 1.54) is 4.88 Å². The van der Waals surface area contributed by atoms with Crippen LogP contribution >= 0.6 is 11.3 Å². The normalized spacial score (nSPS) is 16.9. The van der Waals surface area contributed by atoms with Crippen molar-refractivity contribution in [3.8, 4) is 0 Å². The number of carbonyl (C=O) groups excluding carboxylic acids is 1. The van der Waals surface area contributed by atoms with E-state index in [4.69, 9.17) is 5.73 Å². The lowest BCUT2D eigenvalue weighted by molar-refractivity contribution is -0.119. The van der Waals surface area contributed by atoms with Gasteiger partial charge in [0.1, 0.15) is 17.0 Å². The van der Waals surface area contributed by atoms with Gasteiger partial charge in [-0.1, -0.05) is 6.92 Å². The molecule has 0 radical (unpaired) electrons. The molecule has 2 aromatic heterocycles. The van der Waals surface area contributed by atoms with Crippen molar-refractivity contribution in [2.75, 3.05) is 37.6 Å². The molecule has 1 saturated heterocycles. The second kappa shape index (κ2) is 6.58. The molecule has 1 fully saturated rings. The van der Waals surface area contributed by atoms with E-state index in [0.717, 1.165) is 55.1 Å². The van der Waals surface area contributed by atoms with Gasteiger partial charge in [-0.25, -0.2) is 9.97 Å². The quantitative estimate of drug-likeness (QED) is 0.918. The van der Waals surface area contributed by atoms with Crippen molar-refractivity contribution >= 4 is 33.3 Å². The Kier molecular flexibility index (Phi) is 4.54. The van der Waals surface area contributed by atoms with Crippen molar-refractivity contribution in [3.05, 3.63) is 17.3 Å². The topological polar surface area (TPSA) is 75.3 Å². The van der Waals surface area contributed by atoms with Crippen LogP contribution in [0.1, 0.15) is 18.2 Å². The summed E-state index contributed by atoms with van der Waals surface area (Å²) in [5, 5.41) is 1.15. The summed E-state index contributed by atoms with van der Waals surface area (Å²) in [7, 11) is 0. The first kappa shape index (κ1) is 15.2. The summed E-state index contributed by atoms with van der Waals surface area (Å²) >= 11 is 1.74. The van der Waals surface area contributed by atoms with Crippen molar-refractivity contribution < 1.29 is 4.79 Å². The number of aryl methyl sites for hydroxylation is 1. The van der Waals surface area contributed by atoms with Crippen LogP contribution in [-0.4, -0.2) is 53.5 Å². The van der Waals surface area contributed by atoms with Crippen molar-refractivity contribution in [3.63, 3.8) is 0 Å². The third-order valence-corrected chi connectivity index (χ3v) is 5.16. The maximum Gasteiger partial charge on any atom is 0.231 e. The first-order chi connectivity index (χ1) is 10.7. The van der Waals surface area contributed by atoms with Gasteiger partial charge in [-0.3, -0.25) is 9.69 Å². The Labute approximate surface area is 133 Å².